The van der Waals surface area contributed by atoms with E-state index in [0.717, 1.165) is 29.7 Å². The van der Waals surface area contributed by atoms with E-state index in [0.29, 0.717) is 16.5 Å². The number of amides is 1. The SMILES string of the molecule is CCOC(=O)c1c(NC(=S)NC(=O)c2ccc(F)cc2)sc2c1CCC(C)C2. The largest absolute Gasteiger partial charge is 0.462 e. The molecule has 0 spiro atoms. The lowest BCUT2D eigenvalue weighted by Crippen LogP contribution is -2.34. The molecule has 1 atom stereocenters. The fourth-order valence-corrected chi connectivity index (χ4v) is 4.83. The van der Waals surface area contributed by atoms with Gasteiger partial charge >= 0.3 is 5.97 Å². The fourth-order valence-electron chi connectivity index (χ4n) is 3.17. The Hall–Kier alpha value is -2.32. The number of benzene rings is 1. The summed E-state index contributed by atoms with van der Waals surface area (Å²) in [6, 6.07) is 5.17. The van der Waals surface area contributed by atoms with Crippen LogP contribution in [0.1, 0.15) is 51.4 Å². The fraction of sp³-hybridized carbons (Fsp3) is 0.350. The highest BCUT2D eigenvalue weighted by molar-refractivity contribution is 7.80. The third-order valence-corrected chi connectivity index (χ3v) is 5.93. The van der Waals surface area contributed by atoms with Crippen molar-refractivity contribution in [2.75, 3.05) is 11.9 Å². The average molecular weight is 421 g/mol. The summed E-state index contributed by atoms with van der Waals surface area (Å²) in [5, 5.41) is 6.20. The van der Waals surface area contributed by atoms with E-state index < -0.39 is 11.7 Å². The summed E-state index contributed by atoms with van der Waals surface area (Å²) in [4.78, 5) is 25.9. The molecule has 1 aromatic heterocycles. The Kier molecular flexibility index (Phi) is 6.41. The van der Waals surface area contributed by atoms with E-state index in [9.17, 15) is 14.0 Å². The molecular weight excluding hydrogens is 399 g/mol. The van der Waals surface area contributed by atoms with E-state index in [1.807, 2.05) is 0 Å². The van der Waals surface area contributed by atoms with Gasteiger partial charge in [0.25, 0.3) is 5.91 Å². The molecule has 1 amide bonds. The summed E-state index contributed by atoms with van der Waals surface area (Å²) >= 11 is 6.72. The van der Waals surface area contributed by atoms with Crippen molar-refractivity contribution in [1.29, 1.82) is 0 Å². The van der Waals surface area contributed by atoms with Crippen molar-refractivity contribution in [2.24, 2.45) is 5.92 Å². The summed E-state index contributed by atoms with van der Waals surface area (Å²) in [6.45, 7) is 4.23. The number of esters is 1. The number of anilines is 1. The molecule has 0 bridgehead atoms. The van der Waals surface area contributed by atoms with Crippen LogP contribution in [0.25, 0.3) is 0 Å². The van der Waals surface area contributed by atoms with Crippen molar-refractivity contribution < 1.29 is 18.7 Å². The summed E-state index contributed by atoms with van der Waals surface area (Å²) < 4.78 is 18.2. The van der Waals surface area contributed by atoms with Gasteiger partial charge in [0.2, 0.25) is 0 Å². The predicted octanol–water partition coefficient (Wildman–Crippen LogP) is 4.32. The van der Waals surface area contributed by atoms with Crippen LogP contribution in [-0.4, -0.2) is 23.6 Å². The third kappa shape index (κ3) is 4.56. The van der Waals surface area contributed by atoms with Crippen LogP contribution in [0.2, 0.25) is 0 Å². The van der Waals surface area contributed by atoms with E-state index in [1.165, 1.54) is 35.6 Å². The van der Waals surface area contributed by atoms with Crippen LogP contribution >= 0.6 is 23.6 Å². The molecule has 2 aromatic rings. The van der Waals surface area contributed by atoms with Crippen LogP contribution in [0.5, 0.6) is 0 Å². The van der Waals surface area contributed by atoms with Gasteiger partial charge in [0.05, 0.1) is 12.2 Å². The number of hydrogen-bond acceptors (Lipinski definition) is 5. The molecule has 148 valence electrons. The Bertz CT molecular complexity index is 909. The highest BCUT2D eigenvalue weighted by Gasteiger charge is 2.28. The van der Waals surface area contributed by atoms with Crippen LogP contribution in [0.3, 0.4) is 0 Å². The first kappa shape index (κ1) is 20.4. The maximum absolute atomic E-state index is 13.0. The lowest BCUT2D eigenvalue weighted by Gasteiger charge is -2.18. The Morgan fingerprint density at radius 3 is 2.71 bits per heavy atom. The smallest absolute Gasteiger partial charge is 0.341 e. The molecular formula is C20H21FN2O3S2. The van der Waals surface area contributed by atoms with Crippen LogP contribution in [0.15, 0.2) is 24.3 Å². The number of thiophene rings is 1. The number of carbonyl (C=O) groups excluding carboxylic acids is 2. The van der Waals surface area contributed by atoms with Crippen molar-refractivity contribution in [3.05, 3.63) is 51.7 Å². The molecule has 1 aliphatic rings. The normalized spacial score (nSPS) is 15.5. The molecule has 1 unspecified atom stereocenters. The van der Waals surface area contributed by atoms with Gasteiger partial charge in [0.15, 0.2) is 5.11 Å². The Labute approximate surface area is 172 Å². The Balaban J connectivity index is 1.78. The molecule has 0 fully saturated rings. The molecule has 1 heterocycles. The van der Waals surface area contributed by atoms with Gasteiger partial charge in [-0.25, -0.2) is 9.18 Å². The minimum atomic E-state index is -0.454. The summed E-state index contributed by atoms with van der Waals surface area (Å²) in [5.74, 6) is -0.705. The molecule has 1 aliphatic carbocycles. The van der Waals surface area contributed by atoms with E-state index in [4.69, 9.17) is 17.0 Å². The number of rotatable bonds is 4. The quantitative estimate of drug-likeness (QED) is 0.570. The Morgan fingerprint density at radius 1 is 1.32 bits per heavy atom. The van der Waals surface area contributed by atoms with Gasteiger partial charge in [-0.05, 0) is 74.2 Å². The van der Waals surface area contributed by atoms with Gasteiger partial charge in [-0.15, -0.1) is 11.3 Å². The standard InChI is InChI=1S/C20H21FN2O3S2/c1-3-26-19(25)16-14-9-4-11(2)10-15(14)28-18(16)23-20(27)22-17(24)12-5-7-13(21)8-6-12/h5-8,11H,3-4,9-10H2,1-2H3,(H2,22,23,24,27). The van der Waals surface area contributed by atoms with Crippen molar-refractivity contribution in [2.45, 2.75) is 33.1 Å². The average Bonchev–Trinajstić information content (AvgIpc) is 2.98. The number of fused-ring (bicyclic) bond motifs is 1. The summed E-state index contributed by atoms with van der Waals surface area (Å²) in [5.41, 5.74) is 1.80. The second-order valence-electron chi connectivity index (χ2n) is 6.69. The zero-order valence-electron chi connectivity index (χ0n) is 15.6. The van der Waals surface area contributed by atoms with Crippen molar-refractivity contribution in [3.63, 3.8) is 0 Å². The van der Waals surface area contributed by atoms with E-state index >= 15 is 0 Å². The van der Waals surface area contributed by atoms with E-state index in [1.54, 1.807) is 6.92 Å². The highest BCUT2D eigenvalue weighted by Crippen LogP contribution is 2.40. The molecule has 1 aromatic carbocycles. The van der Waals surface area contributed by atoms with Gasteiger partial charge in [-0.1, -0.05) is 6.92 Å². The maximum atomic E-state index is 13.0. The van der Waals surface area contributed by atoms with Crippen molar-refractivity contribution in [3.8, 4) is 0 Å². The number of ether oxygens (including phenoxy) is 1. The summed E-state index contributed by atoms with van der Waals surface area (Å²) in [7, 11) is 0. The molecule has 0 radical (unpaired) electrons. The van der Waals surface area contributed by atoms with Gasteiger partial charge in [0.1, 0.15) is 10.8 Å². The lowest BCUT2D eigenvalue weighted by atomic mass is 9.88. The lowest BCUT2D eigenvalue weighted by molar-refractivity contribution is 0.0526. The van der Waals surface area contributed by atoms with Crippen molar-refractivity contribution in [1.82, 2.24) is 5.32 Å². The number of thiocarbonyl (C=S) groups is 1. The van der Waals surface area contributed by atoms with Gasteiger partial charge in [0, 0.05) is 10.4 Å². The first-order valence-corrected chi connectivity index (χ1v) is 10.3. The number of nitrogens with one attached hydrogen (secondary N) is 2. The van der Waals surface area contributed by atoms with Crippen LogP contribution in [0, 0.1) is 11.7 Å². The summed E-state index contributed by atoms with van der Waals surface area (Å²) in [6.07, 6.45) is 2.74. The van der Waals surface area contributed by atoms with E-state index in [2.05, 4.69) is 17.6 Å². The molecule has 3 rings (SSSR count). The van der Waals surface area contributed by atoms with E-state index in [-0.39, 0.29) is 23.3 Å². The second-order valence-corrected chi connectivity index (χ2v) is 8.20. The maximum Gasteiger partial charge on any atom is 0.341 e. The molecule has 0 saturated carbocycles. The predicted molar refractivity (Wildman–Crippen MR) is 112 cm³/mol. The van der Waals surface area contributed by atoms with Crippen LogP contribution in [-0.2, 0) is 17.6 Å². The number of halogens is 1. The first-order valence-electron chi connectivity index (χ1n) is 9.08. The van der Waals surface area contributed by atoms with Gasteiger partial charge in [-0.2, -0.15) is 0 Å². The molecule has 28 heavy (non-hydrogen) atoms. The number of hydrogen-bond donors (Lipinski definition) is 2. The minimum absolute atomic E-state index is 0.0755. The first-order chi connectivity index (χ1) is 13.4. The Morgan fingerprint density at radius 2 is 2.04 bits per heavy atom. The van der Waals surface area contributed by atoms with Crippen LogP contribution < -0.4 is 10.6 Å². The van der Waals surface area contributed by atoms with Gasteiger partial charge in [-0.3, -0.25) is 10.1 Å². The van der Waals surface area contributed by atoms with Gasteiger partial charge < -0.3 is 10.1 Å². The topological polar surface area (TPSA) is 67.4 Å². The third-order valence-electron chi connectivity index (χ3n) is 4.55. The molecule has 0 aliphatic heterocycles. The molecule has 8 heteroatoms. The van der Waals surface area contributed by atoms with Crippen LogP contribution in [0.4, 0.5) is 9.39 Å². The second kappa shape index (κ2) is 8.79. The highest BCUT2D eigenvalue weighted by atomic mass is 32.1. The minimum Gasteiger partial charge on any atom is -0.462 e. The zero-order chi connectivity index (χ0) is 20.3. The molecule has 2 N–H and O–H groups in total. The zero-order valence-corrected chi connectivity index (χ0v) is 17.3. The van der Waals surface area contributed by atoms with Crippen molar-refractivity contribution >= 4 is 45.5 Å². The molecule has 5 nitrogen and oxygen atoms in total. The number of carbonyl (C=O) groups is 2. The monoisotopic (exact) mass is 420 g/mol. The molecule has 0 saturated heterocycles.